The van der Waals surface area contributed by atoms with E-state index in [4.69, 9.17) is 0 Å². The number of benzene rings is 2. The van der Waals surface area contributed by atoms with E-state index in [0.29, 0.717) is 5.56 Å². The van der Waals surface area contributed by atoms with E-state index >= 15 is 0 Å². The zero-order valence-electron chi connectivity index (χ0n) is 12.8. The second kappa shape index (κ2) is 7.47. The van der Waals surface area contributed by atoms with Crippen LogP contribution >= 0.6 is 11.8 Å². The fourth-order valence-corrected chi connectivity index (χ4v) is 3.88. The summed E-state index contributed by atoms with van der Waals surface area (Å²) in [5, 5.41) is 3.08. The number of thioether (sulfide) groups is 1. The van der Waals surface area contributed by atoms with E-state index in [2.05, 4.69) is 17.4 Å². The van der Waals surface area contributed by atoms with Crippen molar-refractivity contribution in [3.8, 4) is 0 Å². The van der Waals surface area contributed by atoms with Crippen LogP contribution in [0.15, 0.2) is 59.5 Å². The Morgan fingerprint density at radius 2 is 1.74 bits per heavy atom. The molecule has 1 aliphatic heterocycles. The summed E-state index contributed by atoms with van der Waals surface area (Å²) in [5.74, 6) is 0.964. The van der Waals surface area contributed by atoms with E-state index in [1.807, 2.05) is 42.1 Å². The normalized spacial score (nSPS) is 16.4. The van der Waals surface area contributed by atoms with Crippen LogP contribution in [-0.4, -0.2) is 17.4 Å². The van der Waals surface area contributed by atoms with Gasteiger partial charge in [0.2, 0.25) is 5.91 Å². The third-order valence-corrected chi connectivity index (χ3v) is 5.09. The number of amides is 1. The smallest absolute Gasteiger partial charge is 0.220 e. The molecule has 0 spiro atoms. The monoisotopic (exact) mass is 325 g/mol. The maximum atomic E-state index is 12.2. The second-order valence-electron chi connectivity index (χ2n) is 5.58. The highest BCUT2D eigenvalue weighted by Crippen LogP contribution is 2.35. The minimum Gasteiger partial charge on any atom is -0.349 e. The Kier molecular flexibility index (Phi) is 5.13. The van der Waals surface area contributed by atoms with E-state index in [1.165, 1.54) is 10.5 Å². The first-order valence-electron chi connectivity index (χ1n) is 7.83. The maximum absolute atomic E-state index is 12.2. The molecule has 0 radical (unpaired) electrons. The Morgan fingerprint density at radius 3 is 2.57 bits per heavy atom. The predicted octanol–water partition coefficient (Wildman–Crippen LogP) is 4.00. The molecule has 3 nitrogen and oxygen atoms in total. The molecule has 118 valence electrons. The maximum Gasteiger partial charge on any atom is 0.220 e. The molecule has 1 amide bonds. The Balaban J connectivity index is 1.55. The quantitative estimate of drug-likeness (QED) is 0.845. The lowest BCUT2D eigenvalue weighted by Gasteiger charge is -2.25. The topological polar surface area (TPSA) is 46.2 Å². The molecule has 2 aromatic carbocycles. The molecule has 3 rings (SSSR count). The molecular formula is C19H19NO2S. The van der Waals surface area contributed by atoms with E-state index in [9.17, 15) is 9.59 Å². The minimum atomic E-state index is -0.0546. The highest BCUT2D eigenvalue weighted by Gasteiger charge is 2.22. The first-order chi connectivity index (χ1) is 11.2. The van der Waals surface area contributed by atoms with Crippen LogP contribution in [0.2, 0.25) is 0 Å². The number of nitrogens with one attached hydrogen (secondary N) is 1. The van der Waals surface area contributed by atoms with E-state index in [-0.39, 0.29) is 30.6 Å². The first-order valence-corrected chi connectivity index (χ1v) is 8.82. The molecule has 1 aliphatic rings. The summed E-state index contributed by atoms with van der Waals surface area (Å²) in [7, 11) is 0. The van der Waals surface area contributed by atoms with Crippen LogP contribution in [0.25, 0.3) is 0 Å². The lowest BCUT2D eigenvalue weighted by atomic mass is 10.0. The van der Waals surface area contributed by atoms with Crippen molar-refractivity contribution in [1.29, 1.82) is 0 Å². The number of fused-ring (bicyclic) bond motifs is 1. The molecule has 0 unspecified atom stereocenters. The molecule has 1 heterocycles. The molecule has 0 aromatic heterocycles. The molecule has 0 fully saturated rings. The summed E-state index contributed by atoms with van der Waals surface area (Å²) in [6.45, 7) is 0. The number of hydrogen-bond acceptors (Lipinski definition) is 3. The van der Waals surface area contributed by atoms with Crippen LogP contribution in [-0.2, 0) is 4.79 Å². The van der Waals surface area contributed by atoms with Crippen LogP contribution in [0.3, 0.4) is 0 Å². The summed E-state index contributed by atoms with van der Waals surface area (Å²) in [6.07, 6.45) is 1.42. The molecule has 4 heteroatoms. The van der Waals surface area contributed by atoms with Crippen LogP contribution in [0.4, 0.5) is 0 Å². The molecule has 1 N–H and O–H groups in total. The molecule has 0 saturated heterocycles. The van der Waals surface area contributed by atoms with Crippen molar-refractivity contribution in [3.05, 3.63) is 65.7 Å². The molecular weight excluding hydrogens is 306 g/mol. The molecule has 1 atom stereocenters. The number of carbonyl (C=O) groups is 2. The van der Waals surface area contributed by atoms with Crippen molar-refractivity contribution in [2.45, 2.75) is 30.2 Å². The second-order valence-corrected chi connectivity index (χ2v) is 6.72. The average molecular weight is 325 g/mol. The number of rotatable bonds is 5. The summed E-state index contributed by atoms with van der Waals surface area (Å²) < 4.78 is 0. The van der Waals surface area contributed by atoms with Crippen molar-refractivity contribution in [2.75, 3.05) is 5.75 Å². The van der Waals surface area contributed by atoms with Gasteiger partial charge in [0, 0.05) is 29.1 Å². The van der Waals surface area contributed by atoms with Gasteiger partial charge in [-0.2, -0.15) is 0 Å². The van der Waals surface area contributed by atoms with Crippen molar-refractivity contribution in [2.24, 2.45) is 0 Å². The summed E-state index contributed by atoms with van der Waals surface area (Å²) in [6, 6.07) is 17.4. The van der Waals surface area contributed by atoms with Gasteiger partial charge in [-0.15, -0.1) is 11.8 Å². The largest absolute Gasteiger partial charge is 0.349 e. The Labute approximate surface area is 140 Å². The van der Waals surface area contributed by atoms with Gasteiger partial charge in [0.25, 0.3) is 0 Å². The average Bonchev–Trinajstić information content (AvgIpc) is 2.61. The van der Waals surface area contributed by atoms with Crippen molar-refractivity contribution in [1.82, 2.24) is 5.32 Å². The zero-order valence-corrected chi connectivity index (χ0v) is 13.6. The summed E-state index contributed by atoms with van der Waals surface area (Å²) in [5.41, 5.74) is 1.85. The van der Waals surface area contributed by atoms with Crippen molar-refractivity contribution >= 4 is 23.5 Å². The molecule has 0 saturated carbocycles. The Hall–Kier alpha value is -2.07. The van der Waals surface area contributed by atoms with E-state index in [0.717, 1.165) is 12.2 Å². The molecule has 23 heavy (non-hydrogen) atoms. The van der Waals surface area contributed by atoms with Crippen LogP contribution in [0.5, 0.6) is 0 Å². The number of hydrogen-bond donors (Lipinski definition) is 1. The van der Waals surface area contributed by atoms with Gasteiger partial charge in [-0.05, 0) is 18.1 Å². The summed E-state index contributed by atoms with van der Waals surface area (Å²) in [4.78, 5) is 25.5. The van der Waals surface area contributed by atoms with Gasteiger partial charge < -0.3 is 5.32 Å². The van der Waals surface area contributed by atoms with Crippen LogP contribution in [0, 0.1) is 0 Å². The summed E-state index contributed by atoms with van der Waals surface area (Å²) >= 11 is 1.83. The third kappa shape index (κ3) is 4.02. The highest BCUT2D eigenvalue weighted by molar-refractivity contribution is 7.99. The predicted molar refractivity (Wildman–Crippen MR) is 92.7 cm³/mol. The molecule has 0 aliphatic carbocycles. The van der Waals surface area contributed by atoms with Gasteiger partial charge in [-0.3, -0.25) is 9.59 Å². The lowest BCUT2D eigenvalue weighted by molar-refractivity contribution is -0.121. The van der Waals surface area contributed by atoms with Crippen molar-refractivity contribution in [3.63, 3.8) is 0 Å². The zero-order chi connectivity index (χ0) is 16.1. The fourth-order valence-electron chi connectivity index (χ4n) is 2.75. The minimum absolute atomic E-state index is 0.0142. The van der Waals surface area contributed by atoms with Gasteiger partial charge in [0.15, 0.2) is 5.78 Å². The van der Waals surface area contributed by atoms with Gasteiger partial charge >= 0.3 is 0 Å². The Bertz CT molecular complexity index is 700. The van der Waals surface area contributed by atoms with Crippen molar-refractivity contribution < 1.29 is 9.59 Å². The van der Waals surface area contributed by atoms with Gasteiger partial charge in [-0.1, -0.05) is 48.5 Å². The van der Waals surface area contributed by atoms with Gasteiger partial charge in [0.1, 0.15) is 0 Å². The first kappa shape index (κ1) is 15.8. The number of Topliss-reactive ketones (excluding diaryl/α,β-unsaturated/α-hetero) is 1. The molecule has 2 aromatic rings. The third-order valence-electron chi connectivity index (χ3n) is 3.97. The van der Waals surface area contributed by atoms with Crippen LogP contribution < -0.4 is 5.32 Å². The fraction of sp³-hybridized carbons (Fsp3) is 0.263. The number of carbonyl (C=O) groups excluding carboxylic acids is 2. The molecule has 0 bridgehead atoms. The van der Waals surface area contributed by atoms with E-state index in [1.54, 1.807) is 12.1 Å². The van der Waals surface area contributed by atoms with Gasteiger partial charge in [-0.25, -0.2) is 0 Å². The van der Waals surface area contributed by atoms with Crippen LogP contribution in [0.1, 0.15) is 41.2 Å². The lowest BCUT2D eigenvalue weighted by Crippen LogP contribution is -2.30. The SMILES string of the molecule is O=C(CCC(=O)c1ccccc1)N[C@@H]1CCSc2ccccc21. The standard InChI is InChI=1S/C19H19NO2S/c21-17(14-6-2-1-3-7-14)10-11-19(22)20-16-12-13-23-18-9-5-4-8-15(16)18/h1-9,16H,10-13H2,(H,20,22)/t16-/m1/s1. The highest BCUT2D eigenvalue weighted by atomic mass is 32.2. The van der Waals surface area contributed by atoms with E-state index < -0.39 is 0 Å². The van der Waals surface area contributed by atoms with Gasteiger partial charge in [0.05, 0.1) is 6.04 Å². The number of ketones is 1. The Morgan fingerprint density at radius 1 is 1.00 bits per heavy atom.